The lowest BCUT2D eigenvalue weighted by atomic mass is 10.2. The number of anilines is 2. The lowest BCUT2D eigenvalue weighted by Crippen LogP contribution is -2.47. The third kappa shape index (κ3) is 4.61. The normalized spacial score (nSPS) is 17.8. The molecule has 0 atom stereocenters. The number of imidazole rings is 1. The number of rotatable bonds is 4. The Hall–Kier alpha value is -4.36. The first kappa shape index (κ1) is 23.1. The molecule has 0 amide bonds. The molecular weight excluding hydrogens is 491 g/mol. The summed E-state index contributed by atoms with van der Waals surface area (Å²) in [4.78, 5) is 33.6. The standard InChI is InChI=1S/C23H22F3N9O2/c24-23(25,26)16-2-1-3-17(30-16)33-6-8-34(9-7-33)18-11-19(28-14-4-5-14)35-20(31-18)13(12-27-35)10-15-21(36)32-22(37)29-15/h1-3,10-12,14,36H,4-9H2,(H2,29,32,37)/b13-10-,28-19?. The van der Waals surface area contributed by atoms with Gasteiger partial charge in [0.2, 0.25) is 5.88 Å². The van der Waals surface area contributed by atoms with Gasteiger partial charge in [-0.15, -0.1) is 0 Å². The van der Waals surface area contributed by atoms with Gasteiger partial charge in [0, 0.05) is 37.5 Å². The second-order valence-corrected chi connectivity index (χ2v) is 9.01. The molecule has 4 aromatic rings. The van der Waals surface area contributed by atoms with Crippen LogP contribution in [-0.2, 0) is 6.18 Å². The van der Waals surface area contributed by atoms with Crippen LogP contribution in [0, 0.1) is 0 Å². The van der Waals surface area contributed by atoms with Crippen LogP contribution < -0.4 is 26.2 Å². The van der Waals surface area contributed by atoms with Gasteiger partial charge in [-0.3, -0.25) is 9.98 Å². The Bertz CT molecular complexity index is 1640. The van der Waals surface area contributed by atoms with E-state index in [0.29, 0.717) is 48.4 Å². The number of nitrogens with zero attached hydrogens (tertiary/aromatic N) is 7. The quantitative estimate of drug-likeness (QED) is 0.368. The maximum Gasteiger partial charge on any atom is 0.433 e. The molecule has 4 aromatic heterocycles. The van der Waals surface area contributed by atoms with Crippen LogP contribution in [0.5, 0.6) is 5.88 Å². The molecule has 3 N–H and O–H groups in total. The van der Waals surface area contributed by atoms with Crippen molar-refractivity contribution < 1.29 is 18.3 Å². The molecule has 1 aliphatic carbocycles. The second kappa shape index (κ2) is 8.64. The summed E-state index contributed by atoms with van der Waals surface area (Å²) in [6, 6.07) is 6.00. The van der Waals surface area contributed by atoms with Crippen LogP contribution in [0.1, 0.15) is 24.2 Å². The van der Waals surface area contributed by atoms with E-state index in [1.54, 1.807) is 22.9 Å². The van der Waals surface area contributed by atoms with Gasteiger partial charge >= 0.3 is 11.9 Å². The summed E-state index contributed by atoms with van der Waals surface area (Å²) in [5, 5.41) is 15.0. The largest absolute Gasteiger partial charge is 0.493 e. The summed E-state index contributed by atoms with van der Waals surface area (Å²) >= 11 is 0. The highest BCUT2D eigenvalue weighted by atomic mass is 19.4. The monoisotopic (exact) mass is 513 g/mol. The number of nitrogens with one attached hydrogen (secondary N) is 2. The molecule has 0 unspecified atom stereocenters. The van der Waals surface area contributed by atoms with Crippen molar-refractivity contribution in [1.82, 2.24) is 29.5 Å². The van der Waals surface area contributed by atoms with Crippen molar-refractivity contribution in [3.8, 4) is 5.88 Å². The number of aromatic nitrogens is 6. The van der Waals surface area contributed by atoms with Gasteiger partial charge < -0.3 is 19.9 Å². The Morgan fingerprint density at radius 3 is 2.43 bits per heavy atom. The fraction of sp³-hybridized carbons (Fsp3) is 0.348. The van der Waals surface area contributed by atoms with E-state index in [9.17, 15) is 23.1 Å². The van der Waals surface area contributed by atoms with Crippen LogP contribution in [0.4, 0.5) is 24.8 Å². The molecule has 0 radical (unpaired) electrons. The van der Waals surface area contributed by atoms with Crippen LogP contribution in [0.25, 0.3) is 11.7 Å². The number of aromatic hydroxyl groups is 1. The number of halogens is 3. The number of alkyl halides is 3. The van der Waals surface area contributed by atoms with E-state index in [0.717, 1.165) is 18.9 Å². The molecule has 5 heterocycles. The molecular formula is C23H22F3N9O2. The van der Waals surface area contributed by atoms with Crippen molar-refractivity contribution >= 4 is 23.4 Å². The minimum absolute atomic E-state index is 0.204. The molecule has 1 saturated carbocycles. The van der Waals surface area contributed by atoms with Gasteiger partial charge in [-0.25, -0.2) is 14.8 Å². The highest BCUT2D eigenvalue weighted by molar-refractivity contribution is 5.58. The van der Waals surface area contributed by atoms with Crippen LogP contribution in [0.3, 0.4) is 0 Å². The Labute approximate surface area is 206 Å². The first-order chi connectivity index (χ1) is 17.7. The summed E-state index contributed by atoms with van der Waals surface area (Å²) in [7, 11) is 0. The topological polar surface area (TPSA) is 131 Å². The van der Waals surface area contributed by atoms with Gasteiger partial charge in [-0.1, -0.05) is 6.07 Å². The van der Waals surface area contributed by atoms with Crippen LogP contribution in [-0.4, -0.2) is 66.9 Å². The zero-order valence-corrected chi connectivity index (χ0v) is 19.4. The predicted molar refractivity (Wildman–Crippen MR) is 127 cm³/mol. The van der Waals surface area contributed by atoms with Crippen LogP contribution >= 0.6 is 0 Å². The van der Waals surface area contributed by atoms with Crippen LogP contribution in [0.2, 0.25) is 0 Å². The minimum atomic E-state index is -4.50. The maximum absolute atomic E-state index is 13.1. The first-order valence-corrected chi connectivity index (χ1v) is 11.7. The van der Waals surface area contributed by atoms with Crippen molar-refractivity contribution in [2.45, 2.75) is 25.1 Å². The van der Waals surface area contributed by atoms with Gasteiger partial charge in [0.1, 0.15) is 23.0 Å². The molecule has 0 aromatic carbocycles. The van der Waals surface area contributed by atoms with E-state index in [1.807, 2.05) is 15.9 Å². The SMILES string of the molecule is O=c1[nH]c(O)c(/C=c2/cnn3c(=NC4CC4)cc(N4CCN(c5cccc(C(F)(F)F)n5)CC4)nc23)[nH]1. The number of piperazine rings is 1. The Balaban J connectivity index is 1.33. The third-order valence-corrected chi connectivity index (χ3v) is 6.32. The molecule has 6 rings (SSSR count). The van der Waals surface area contributed by atoms with E-state index in [1.165, 1.54) is 6.07 Å². The fourth-order valence-electron chi connectivity index (χ4n) is 4.27. The van der Waals surface area contributed by atoms with Gasteiger partial charge in [0.25, 0.3) is 0 Å². The van der Waals surface area contributed by atoms with Crippen LogP contribution in [0.15, 0.2) is 40.2 Å². The molecule has 2 fully saturated rings. The number of fused-ring (bicyclic) bond motifs is 1. The van der Waals surface area contributed by atoms with Crippen molar-refractivity contribution in [2.24, 2.45) is 4.99 Å². The highest BCUT2D eigenvalue weighted by Gasteiger charge is 2.33. The first-order valence-electron chi connectivity index (χ1n) is 11.7. The molecule has 1 aliphatic heterocycles. The maximum atomic E-state index is 13.1. The fourth-order valence-corrected chi connectivity index (χ4v) is 4.27. The number of pyridine rings is 1. The van der Waals surface area contributed by atoms with Crippen molar-refractivity contribution in [1.29, 1.82) is 0 Å². The van der Waals surface area contributed by atoms with Crippen molar-refractivity contribution in [3.05, 3.63) is 63.0 Å². The lowest BCUT2D eigenvalue weighted by Gasteiger charge is -2.36. The van der Waals surface area contributed by atoms with Crippen molar-refractivity contribution in [3.63, 3.8) is 0 Å². The third-order valence-electron chi connectivity index (χ3n) is 6.32. The van der Waals surface area contributed by atoms with Gasteiger partial charge in [0.15, 0.2) is 11.1 Å². The highest BCUT2D eigenvalue weighted by Crippen LogP contribution is 2.29. The zero-order valence-electron chi connectivity index (χ0n) is 19.4. The smallest absolute Gasteiger partial charge is 0.433 e. The Kier molecular flexibility index (Phi) is 5.38. The molecule has 11 nitrogen and oxygen atoms in total. The minimum Gasteiger partial charge on any atom is -0.493 e. The van der Waals surface area contributed by atoms with E-state index in [2.05, 4.69) is 20.1 Å². The van der Waals surface area contributed by atoms with E-state index in [-0.39, 0.29) is 23.4 Å². The summed E-state index contributed by atoms with van der Waals surface area (Å²) in [6.45, 7) is 1.96. The van der Waals surface area contributed by atoms with Gasteiger partial charge in [-0.05, 0) is 31.1 Å². The average Bonchev–Trinajstić information content (AvgIpc) is 3.51. The van der Waals surface area contributed by atoms with Gasteiger partial charge in [-0.2, -0.15) is 22.8 Å². The lowest BCUT2D eigenvalue weighted by molar-refractivity contribution is -0.141. The number of aromatic amines is 2. The summed E-state index contributed by atoms with van der Waals surface area (Å²) < 4.78 is 40.9. The molecule has 1 saturated heterocycles. The molecule has 2 aliphatic rings. The number of H-pyrrole nitrogens is 2. The zero-order chi connectivity index (χ0) is 25.7. The Morgan fingerprint density at radius 1 is 1.05 bits per heavy atom. The Morgan fingerprint density at radius 2 is 1.78 bits per heavy atom. The molecule has 14 heteroatoms. The van der Waals surface area contributed by atoms with E-state index >= 15 is 0 Å². The summed E-state index contributed by atoms with van der Waals surface area (Å²) in [6.07, 6.45) is 0.661. The van der Waals surface area contributed by atoms with Crippen molar-refractivity contribution in [2.75, 3.05) is 36.0 Å². The molecule has 192 valence electrons. The van der Waals surface area contributed by atoms with E-state index < -0.39 is 17.6 Å². The summed E-state index contributed by atoms with van der Waals surface area (Å²) in [5.74, 6) is 0.656. The molecule has 0 spiro atoms. The second-order valence-electron chi connectivity index (χ2n) is 9.01. The predicted octanol–water partition coefficient (Wildman–Crippen LogP) is 0.802. The van der Waals surface area contributed by atoms with E-state index in [4.69, 9.17) is 9.98 Å². The molecule has 0 bridgehead atoms. The summed E-state index contributed by atoms with van der Waals surface area (Å²) in [5.41, 5.74) is -0.108. The number of hydrogen-bond acceptors (Lipinski definition) is 8. The number of hydrogen-bond donors (Lipinski definition) is 3. The molecule has 37 heavy (non-hydrogen) atoms. The van der Waals surface area contributed by atoms with Gasteiger partial charge in [0.05, 0.1) is 12.2 Å². The average molecular weight is 513 g/mol.